The Kier molecular flexibility index (Phi) is 4.04. The normalized spacial score (nSPS) is 14.9. The zero-order valence-electron chi connectivity index (χ0n) is 14.8. The predicted octanol–water partition coefficient (Wildman–Crippen LogP) is 4.24. The average molecular weight is 333 g/mol. The molecule has 3 aromatic rings. The van der Waals surface area contributed by atoms with Gasteiger partial charge in [-0.25, -0.2) is 4.98 Å². The lowest BCUT2D eigenvalue weighted by molar-refractivity contribution is 0.0723. The number of nitrogens with zero attached hydrogens (tertiary/aromatic N) is 3. The molecule has 3 heterocycles. The van der Waals surface area contributed by atoms with E-state index >= 15 is 0 Å². The molecule has 0 radical (unpaired) electrons. The number of carbonyl (C=O) groups excluding carboxylic acids is 1. The number of hydrogen-bond donors (Lipinski definition) is 0. The van der Waals surface area contributed by atoms with Gasteiger partial charge in [0.15, 0.2) is 0 Å². The van der Waals surface area contributed by atoms with Crippen LogP contribution in [0.15, 0.2) is 42.7 Å². The van der Waals surface area contributed by atoms with Gasteiger partial charge in [-0.3, -0.25) is 9.20 Å². The van der Waals surface area contributed by atoms with Crippen LogP contribution in [0.2, 0.25) is 0 Å². The van der Waals surface area contributed by atoms with Crippen LogP contribution in [-0.2, 0) is 0 Å². The lowest BCUT2D eigenvalue weighted by Gasteiger charge is -2.27. The van der Waals surface area contributed by atoms with Crippen LogP contribution in [0.1, 0.15) is 40.7 Å². The van der Waals surface area contributed by atoms with Gasteiger partial charge in [0, 0.05) is 24.8 Å². The summed E-state index contributed by atoms with van der Waals surface area (Å²) >= 11 is 0. The molecule has 25 heavy (non-hydrogen) atoms. The summed E-state index contributed by atoms with van der Waals surface area (Å²) in [6.45, 7) is 5.84. The number of carbonyl (C=O) groups is 1. The molecule has 4 heteroatoms. The summed E-state index contributed by atoms with van der Waals surface area (Å²) in [6, 6.07) is 10.4. The SMILES string of the molecule is Cc1cccc(-c2cnc3c(C)cc(C(=O)N4CCCCC4)cn23)c1. The number of likely N-dealkylation sites (tertiary alicyclic amines) is 1. The highest BCUT2D eigenvalue weighted by atomic mass is 16.2. The van der Waals surface area contributed by atoms with Crippen molar-refractivity contribution >= 4 is 11.6 Å². The molecule has 4 rings (SSSR count). The van der Waals surface area contributed by atoms with E-state index in [1.807, 2.05) is 30.3 Å². The molecule has 1 aliphatic rings. The van der Waals surface area contributed by atoms with Gasteiger partial charge >= 0.3 is 0 Å². The van der Waals surface area contributed by atoms with E-state index in [1.165, 1.54) is 12.0 Å². The number of fused-ring (bicyclic) bond motifs is 1. The smallest absolute Gasteiger partial charge is 0.255 e. The molecule has 1 saturated heterocycles. The van der Waals surface area contributed by atoms with Gasteiger partial charge in [0.2, 0.25) is 0 Å². The van der Waals surface area contributed by atoms with E-state index < -0.39 is 0 Å². The fourth-order valence-corrected chi connectivity index (χ4v) is 3.67. The minimum Gasteiger partial charge on any atom is -0.339 e. The summed E-state index contributed by atoms with van der Waals surface area (Å²) in [4.78, 5) is 19.5. The number of piperidine rings is 1. The second-order valence-corrected chi connectivity index (χ2v) is 6.97. The van der Waals surface area contributed by atoms with E-state index in [9.17, 15) is 4.79 Å². The van der Waals surface area contributed by atoms with Crippen molar-refractivity contribution in [3.8, 4) is 11.3 Å². The molecule has 0 atom stereocenters. The zero-order chi connectivity index (χ0) is 17.4. The third-order valence-electron chi connectivity index (χ3n) is 4.99. The molecular weight excluding hydrogens is 310 g/mol. The van der Waals surface area contributed by atoms with Crippen LogP contribution < -0.4 is 0 Å². The maximum atomic E-state index is 12.9. The third-order valence-corrected chi connectivity index (χ3v) is 4.99. The summed E-state index contributed by atoms with van der Waals surface area (Å²) in [6.07, 6.45) is 7.27. The lowest BCUT2D eigenvalue weighted by Crippen LogP contribution is -2.35. The van der Waals surface area contributed by atoms with Crippen LogP contribution in [-0.4, -0.2) is 33.3 Å². The van der Waals surface area contributed by atoms with Crippen molar-refractivity contribution in [3.05, 3.63) is 59.4 Å². The van der Waals surface area contributed by atoms with Gasteiger partial charge < -0.3 is 4.90 Å². The van der Waals surface area contributed by atoms with Crippen LogP contribution >= 0.6 is 0 Å². The Morgan fingerprint density at radius 2 is 1.88 bits per heavy atom. The lowest BCUT2D eigenvalue weighted by atomic mass is 10.1. The number of pyridine rings is 1. The maximum absolute atomic E-state index is 12.9. The van der Waals surface area contributed by atoms with Crippen molar-refractivity contribution in [2.24, 2.45) is 0 Å². The van der Waals surface area contributed by atoms with E-state index in [0.717, 1.165) is 54.0 Å². The maximum Gasteiger partial charge on any atom is 0.255 e. The number of imidazole rings is 1. The van der Waals surface area contributed by atoms with Gasteiger partial charge in [0.1, 0.15) is 5.65 Å². The molecule has 1 amide bonds. The van der Waals surface area contributed by atoms with Gasteiger partial charge in [0.25, 0.3) is 5.91 Å². The molecule has 128 valence electrons. The predicted molar refractivity (Wildman–Crippen MR) is 99.9 cm³/mol. The van der Waals surface area contributed by atoms with Crippen molar-refractivity contribution in [1.29, 1.82) is 0 Å². The largest absolute Gasteiger partial charge is 0.339 e. The molecule has 0 bridgehead atoms. The van der Waals surface area contributed by atoms with Crippen molar-refractivity contribution in [1.82, 2.24) is 14.3 Å². The first-order valence-electron chi connectivity index (χ1n) is 8.97. The quantitative estimate of drug-likeness (QED) is 0.703. The Hall–Kier alpha value is -2.62. The molecule has 0 aliphatic carbocycles. The number of benzene rings is 1. The summed E-state index contributed by atoms with van der Waals surface area (Å²) in [5.41, 5.74) is 6.04. The minimum absolute atomic E-state index is 0.133. The summed E-state index contributed by atoms with van der Waals surface area (Å²) in [5.74, 6) is 0.133. The highest BCUT2D eigenvalue weighted by Crippen LogP contribution is 2.25. The highest BCUT2D eigenvalue weighted by Gasteiger charge is 2.20. The van der Waals surface area contributed by atoms with Crippen molar-refractivity contribution in [3.63, 3.8) is 0 Å². The van der Waals surface area contributed by atoms with E-state index in [-0.39, 0.29) is 5.91 Å². The van der Waals surface area contributed by atoms with Crippen LogP contribution in [0.3, 0.4) is 0 Å². The molecular formula is C21H23N3O. The van der Waals surface area contributed by atoms with Crippen LogP contribution in [0, 0.1) is 13.8 Å². The number of amides is 1. The molecule has 0 N–H and O–H groups in total. The first-order valence-corrected chi connectivity index (χ1v) is 8.97. The average Bonchev–Trinajstić information content (AvgIpc) is 3.06. The number of hydrogen-bond acceptors (Lipinski definition) is 2. The third kappa shape index (κ3) is 2.93. The van der Waals surface area contributed by atoms with E-state index in [4.69, 9.17) is 0 Å². The minimum atomic E-state index is 0.133. The molecule has 4 nitrogen and oxygen atoms in total. The van der Waals surface area contributed by atoms with Gasteiger partial charge in [0.05, 0.1) is 17.5 Å². The number of aryl methyl sites for hydroxylation is 2. The highest BCUT2D eigenvalue weighted by molar-refractivity contribution is 5.95. The van der Waals surface area contributed by atoms with E-state index in [0.29, 0.717) is 0 Å². The fraction of sp³-hybridized carbons (Fsp3) is 0.333. The topological polar surface area (TPSA) is 37.6 Å². The summed E-state index contributed by atoms with van der Waals surface area (Å²) < 4.78 is 2.06. The zero-order valence-corrected chi connectivity index (χ0v) is 14.8. The first-order chi connectivity index (χ1) is 12.1. The van der Waals surface area contributed by atoms with Gasteiger partial charge in [-0.1, -0.05) is 23.8 Å². The molecule has 0 unspecified atom stereocenters. The molecule has 2 aromatic heterocycles. The molecule has 1 aromatic carbocycles. The van der Waals surface area contributed by atoms with Gasteiger partial charge in [-0.05, 0) is 50.8 Å². The molecule has 1 fully saturated rings. The number of rotatable bonds is 2. The van der Waals surface area contributed by atoms with Crippen LogP contribution in [0.4, 0.5) is 0 Å². The molecule has 1 aliphatic heterocycles. The van der Waals surface area contributed by atoms with Crippen molar-refractivity contribution < 1.29 is 4.79 Å². The molecule has 0 saturated carbocycles. The standard InChI is InChI=1S/C21H23N3O/c1-15-7-6-8-17(11-15)19-13-22-20-16(2)12-18(14-24(19)20)21(25)23-9-4-3-5-10-23/h6-8,11-14H,3-5,9-10H2,1-2H3. The Labute approximate surface area is 148 Å². The van der Waals surface area contributed by atoms with E-state index in [2.05, 4.69) is 40.6 Å². The molecule has 0 spiro atoms. The van der Waals surface area contributed by atoms with Crippen molar-refractivity contribution in [2.45, 2.75) is 33.1 Å². The second-order valence-electron chi connectivity index (χ2n) is 6.97. The van der Waals surface area contributed by atoms with Crippen LogP contribution in [0.5, 0.6) is 0 Å². The Morgan fingerprint density at radius 3 is 2.64 bits per heavy atom. The second kappa shape index (κ2) is 6.36. The Morgan fingerprint density at radius 1 is 1.08 bits per heavy atom. The fourth-order valence-electron chi connectivity index (χ4n) is 3.67. The number of aromatic nitrogens is 2. The first kappa shape index (κ1) is 15.9. The van der Waals surface area contributed by atoms with Gasteiger partial charge in [-0.15, -0.1) is 0 Å². The van der Waals surface area contributed by atoms with Gasteiger partial charge in [-0.2, -0.15) is 0 Å². The van der Waals surface area contributed by atoms with Crippen LogP contribution in [0.25, 0.3) is 16.9 Å². The van der Waals surface area contributed by atoms with Crippen molar-refractivity contribution in [2.75, 3.05) is 13.1 Å². The summed E-state index contributed by atoms with van der Waals surface area (Å²) in [7, 11) is 0. The Bertz CT molecular complexity index is 935. The summed E-state index contributed by atoms with van der Waals surface area (Å²) in [5, 5.41) is 0. The Balaban J connectivity index is 1.80. The van der Waals surface area contributed by atoms with E-state index in [1.54, 1.807) is 0 Å². The monoisotopic (exact) mass is 333 g/mol.